The van der Waals surface area contributed by atoms with Crippen LogP contribution in [0.2, 0.25) is 0 Å². The molecule has 156 valence electrons. The number of hydrogen-bond acceptors (Lipinski definition) is 9. The molecule has 0 saturated carbocycles. The van der Waals surface area contributed by atoms with Gasteiger partial charge in [0.25, 0.3) is 0 Å². The topological polar surface area (TPSA) is 162 Å². The molecule has 0 aromatic heterocycles. The Balaban J connectivity index is 1.99. The van der Waals surface area contributed by atoms with Gasteiger partial charge in [-0.2, -0.15) is 0 Å². The molecule has 1 unspecified atom stereocenters. The first kappa shape index (κ1) is 19.9. The van der Waals surface area contributed by atoms with Crippen LogP contribution in [0.1, 0.15) is 49.4 Å². The Bertz CT molecular complexity index is 1150. The summed E-state index contributed by atoms with van der Waals surface area (Å²) in [5.41, 5.74) is -3.46. The fourth-order valence-electron chi connectivity index (χ4n) is 4.27. The summed E-state index contributed by atoms with van der Waals surface area (Å²) in [4.78, 5) is 38.3. The number of carbonyl (C=O) groups is 3. The van der Waals surface area contributed by atoms with E-state index in [0.717, 1.165) is 0 Å². The summed E-state index contributed by atoms with van der Waals surface area (Å²) in [6, 6.07) is 2.47. The molecule has 2 aliphatic carbocycles. The molecular weight excluding hydrogens is 396 g/mol. The summed E-state index contributed by atoms with van der Waals surface area (Å²) in [6.45, 7) is -0.915. The summed E-state index contributed by atoms with van der Waals surface area (Å²) >= 11 is 0. The SMILES string of the molecule is COc1ccc(O)c2c1C(=O)c1c(O)c3c(c(O)c1C2=O)CC(O)(C(=O)CO)CC3. The van der Waals surface area contributed by atoms with Crippen LogP contribution < -0.4 is 4.74 Å². The third kappa shape index (κ3) is 2.45. The van der Waals surface area contributed by atoms with Crippen LogP contribution in [0.5, 0.6) is 23.0 Å². The minimum atomic E-state index is -1.98. The molecule has 5 N–H and O–H groups in total. The molecule has 0 spiro atoms. The lowest BCUT2D eigenvalue weighted by Crippen LogP contribution is -2.45. The highest BCUT2D eigenvalue weighted by molar-refractivity contribution is 6.32. The average Bonchev–Trinajstić information content (AvgIpc) is 2.73. The predicted molar refractivity (Wildman–Crippen MR) is 100 cm³/mol. The van der Waals surface area contributed by atoms with Crippen molar-refractivity contribution < 1.29 is 44.7 Å². The fraction of sp³-hybridized carbons (Fsp3) is 0.286. The van der Waals surface area contributed by atoms with Crippen LogP contribution in [0.3, 0.4) is 0 Å². The lowest BCUT2D eigenvalue weighted by molar-refractivity contribution is -0.141. The van der Waals surface area contributed by atoms with Gasteiger partial charge in [-0.1, -0.05) is 0 Å². The second-order valence-corrected chi connectivity index (χ2v) is 7.39. The van der Waals surface area contributed by atoms with Crippen LogP contribution in [0.15, 0.2) is 12.1 Å². The number of methoxy groups -OCH3 is 1. The van der Waals surface area contributed by atoms with Crippen molar-refractivity contribution in [3.05, 3.63) is 45.5 Å². The van der Waals surface area contributed by atoms with Crippen molar-refractivity contribution in [1.29, 1.82) is 0 Å². The summed E-state index contributed by atoms with van der Waals surface area (Å²) in [6.07, 6.45) is -0.670. The first-order valence-electron chi connectivity index (χ1n) is 9.11. The molecule has 0 bridgehead atoms. The minimum absolute atomic E-state index is 0.0197. The quantitative estimate of drug-likeness (QED) is 0.381. The lowest BCUT2D eigenvalue weighted by atomic mass is 9.73. The maximum atomic E-state index is 13.2. The van der Waals surface area contributed by atoms with Gasteiger partial charge in [0.15, 0.2) is 5.78 Å². The van der Waals surface area contributed by atoms with Crippen molar-refractivity contribution >= 4 is 17.3 Å². The van der Waals surface area contributed by atoms with Gasteiger partial charge in [-0.25, -0.2) is 0 Å². The van der Waals surface area contributed by atoms with E-state index in [4.69, 9.17) is 9.84 Å². The Morgan fingerprint density at radius 2 is 1.60 bits per heavy atom. The summed E-state index contributed by atoms with van der Waals surface area (Å²) in [7, 11) is 1.28. The molecule has 0 saturated heterocycles. The molecular formula is C21H18O9. The molecule has 2 aromatic rings. The molecule has 2 aromatic carbocycles. The summed E-state index contributed by atoms with van der Waals surface area (Å²) in [5, 5.41) is 51.6. The van der Waals surface area contributed by atoms with Crippen LogP contribution in [0, 0.1) is 0 Å². The van der Waals surface area contributed by atoms with Crippen LogP contribution >= 0.6 is 0 Å². The number of phenolic OH excluding ortho intramolecular Hbond substituents is 3. The van der Waals surface area contributed by atoms with Crippen molar-refractivity contribution in [2.45, 2.75) is 24.9 Å². The van der Waals surface area contributed by atoms with Crippen molar-refractivity contribution in [3.63, 3.8) is 0 Å². The van der Waals surface area contributed by atoms with Gasteiger partial charge in [0.1, 0.15) is 35.2 Å². The van der Waals surface area contributed by atoms with Crippen LogP contribution in [-0.4, -0.2) is 62.2 Å². The third-order valence-electron chi connectivity index (χ3n) is 5.85. The van der Waals surface area contributed by atoms with Gasteiger partial charge < -0.3 is 30.3 Å². The zero-order valence-electron chi connectivity index (χ0n) is 15.9. The molecule has 0 radical (unpaired) electrons. The Kier molecular flexibility index (Phi) is 4.33. The Hall–Kier alpha value is -3.43. The van der Waals surface area contributed by atoms with E-state index in [1.54, 1.807) is 0 Å². The standard InChI is InChI=1S/C21H18O9/c1-30-11-3-2-10(23)13-14(11)20(28)15-16(19(13)27)18(26)9-6-21(29,12(24)7-22)5-4-8(9)17(15)25/h2-3,22-23,25-26,29H,4-7H2,1H3. The maximum absolute atomic E-state index is 13.2. The van der Waals surface area contributed by atoms with E-state index in [-0.39, 0.29) is 40.8 Å². The van der Waals surface area contributed by atoms with E-state index in [1.165, 1.54) is 19.2 Å². The monoisotopic (exact) mass is 414 g/mol. The fourth-order valence-corrected chi connectivity index (χ4v) is 4.27. The van der Waals surface area contributed by atoms with Crippen molar-refractivity contribution in [1.82, 2.24) is 0 Å². The van der Waals surface area contributed by atoms with Crippen molar-refractivity contribution in [3.8, 4) is 23.0 Å². The number of aromatic hydroxyl groups is 3. The van der Waals surface area contributed by atoms with Gasteiger partial charge in [-0.3, -0.25) is 14.4 Å². The third-order valence-corrected chi connectivity index (χ3v) is 5.85. The summed E-state index contributed by atoms with van der Waals surface area (Å²) in [5.74, 6) is -4.26. The number of benzene rings is 2. The van der Waals surface area contributed by atoms with E-state index >= 15 is 0 Å². The zero-order chi connectivity index (χ0) is 22.0. The van der Waals surface area contributed by atoms with Gasteiger partial charge in [0.05, 0.1) is 29.4 Å². The molecule has 9 heteroatoms. The van der Waals surface area contributed by atoms with E-state index < -0.39 is 64.4 Å². The predicted octanol–water partition coefficient (Wildman–Crippen LogP) is 0.369. The van der Waals surface area contributed by atoms with Gasteiger partial charge in [-0.05, 0) is 25.0 Å². The van der Waals surface area contributed by atoms with E-state index in [2.05, 4.69) is 0 Å². The molecule has 4 rings (SSSR count). The second-order valence-electron chi connectivity index (χ2n) is 7.39. The Labute approximate surface area is 169 Å². The number of ketones is 3. The molecule has 2 aliphatic rings. The van der Waals surface area contributed by atoms with Crippen LogP contribution in [0.4, 0.5) is 0 Å². The smallest absolute Gasteiger partial charge is 0.202 e. The number of fused-ring (bicyclic) bond motifs is 3. The molecule has 0 aliphatic heterocycles. The highest BCUT2D eigenvalue weighted by Crippen LogP contribution is 2.49. The number of hydrogen-bond donors (Lipinski definition) is 5. The van der Waals surface area contributed by atoms with Crippen LogP contribution in [0.25, 0.3) is 0 Å². The average molecular weight is 414 g/mol. The highest BCUT2D eigenvalue weighted by Gasteiger charge is 2.45. The van der Waals surface area contributed by atoms with E-state index in [1.807, 2.05) is 0 Å². The number of rotatable bonds is 3. The molecule has 9 nitrogen and oxygen atoms in total. The molecule has 30 heavy (non-hydrogen) atoms. The number of aliphatic hydroxyl groups is 2. The van der Waals surface area contributed by atoms with Crippen LogP contribution in [-0.2, 0) is 17.6 Å². The van der Waals surface area contributed by atoms with Gasteiger partial charge in [-0.15, -0.1) is 0 Å². The van der Waals surface area contributed by atoms with Gasteiger partial charge >= 0.3 is 0 Å². The summed E-state index contributed by atoms with van der Waals surface area (Å²) < 4.78 is 5.13. The Morgan fingerprint density at radius 3 is 2.20 bits per heavy atom. The van der Waals surface area contributed by atoms with Crippen molar-refractivity contribution in [2.75, 3.05) is 13.7 Å². The molecule has 0 amide bonds. The minimum Gasteiger partial charge on any atom is -0.507 e. The first-order chi connectivity index (χ1) is 14.2. The molecule has 0 fully saturated rings. The molecule has 1 atom stereocenters. The largest absolute Gasteiger partial charge is 0.507 e. The zero-order valence-corrected chi connectivity index (χ0v) is 15.9. The number of Topliss-reactive ketones (excluding diaryl/α,β-unsaturated/α-hetero) is 1. The molecule has 0 heterocycles. The lowest BCUT2D eigenvalue weighted by Gasteiger charge is -2.34. The van der Waals surface area contributed by atoms with Gasteiger partial charge in [0.2, 0.25) is 11.6 Å². The van der Waals surface area contributed by atoms with E-state index in [9.17, 15) is 34.8 Å². The maximum Gasteiger partial charge on any atom is 0.202 e. The van der Waals surface area contributed by atoms with Crippen molar-refractivity contribution in [2.24, 2.45) is 0 Å². The number of phenols is 3. The number of carbonyl (C=O) groups excluding carboxylic acids is 3. The van der Waals surface area contributed by atoms with E-state index in [0.29, 0.717) is 0 Å². The first-order valence-corrected chi connectivity index (χ1v) is 9.11. The van der Waals surface area contributed by atoms with Gasteiger partial charge in [0, 0.05) is 17.5 Å². The Morgan fingerprint density at radius 1 is 1.00 bits per heavy atom. The highest BCUT2D eigenvalue weighted by atomic mass is 16.5. The second kappa shape index (κ2) is 6.54. The number of aliphatic hydroxyl groups excluding tert-OH is 1. The number of ether oxygens (including phenoxy) is 1. The normalized spacial score (nSPS) is 19.7.